The van der Waals surface area contributed by atoms with Crippen molar-refractivity contribution >= 4 is 10.0 Å². The van der Waals surface area contributed by atoms with Crippen LogP contribution in [0, 0.1) is 0 Å². The van der Waals surface area contributed by atoms with Crippen molar-refractivity contribution in [2.45, 2.75) is 6.42 Å². The van der Waals surface area contributed by atoms with Crippen LogP contribution in [-0.2, 0) is 16.4 Å². The molecule has 0 unspecified atom stereocenters. The van der Waals surface area contributed by atoms with Crippen molar-refractivity contribution in [1.29, 1.82) is 0 Å². The maximum absolute atomic E-state index is 11.1. The van der Waals surface area contributed by atoms with Crippen LogP contribution in [0.4, 0.5) is 0 Å². The summed E-state index contributed by atoms with van der Waals surface area (Å²) in [5.41, 5.74) is 3.45. The molecule has 0 aromatic heterocycles. The smallest absolute Gasteiger partial charge is 0.208 e. The van der Waals surface area contributed by atoms with E-state index in [9.17, 15) is 8.42 Å². The summed E-state index contributed by atoms with van der Waals surface area (Å²) in [6.07, 6.45) is 1.86. The van der Waals surface area contributed by atoms with E-state index in [1.54, 1.807) is 0 Å². The number of nitrogens with one attached hydrogen (secondary N) is 1. The number of benzene rings is 2. The second-order valence-electron chi connectivity index (χ2n) is 4.44. The lowest BCUT2D eigenvalue weighted by Crippen LogP contribution is -2.24. The Morgan fingerprint density at radius 3 is 2.26 bits per heavy atom. The largest absolute Gasteiger partial charge is 0.215 e. The van der Waals surface area contributed by atoms with Crippen LogP contribution in [0.2, 0.25) is 0 Å². The fourth-order valence-electron chi connectivity index (χ4n) is 2.01. The van der Waals surface area contributed by atoms with Crippen LogP contribution in [-0.4, -0.2) is 21.2 Å². The van der Waals surface area contributed by atoms with E-state index in [0.717, 1.165) is 16.7 Å². The third-order valence-electron chi connectivity index (χ3n) is 2.86. The van der Waals surface area contributed by atoms with E-state index < -0.39 is 10.0 Å². The molecule has 0 amide bonds. The minimum Gasteiger partial charge on any atom is -0.215 e. The van der Waals surface area contributed by atoms with Crippen molar-refractivity contribution in [3.63, 3.8) is 0 Å². The molecule has 0 radical (unpaired) electrons. The standard InChI is InChI=1S/C15H17NO2S/c1-19(17,18)16-12-11-14-9-5-6-10-15(14)13-7-3-2-4-8-13/h2-10,16H,11-12H2,1H3. The first-order valence-electron chi connectivity index (χ1n) is 6.14. The van der Waals surface area contributed by atoms with E-state index in [0.29, 0.717) is 13.0 Å². The fraction of sp³-hybridized carbons (Fsp3) is 0.200. The van der Waals surface area contributed by atoms with E-state index in [2.05, 4.69) is 22.9 Å². The van der Waals surface area contributed by atoms with Crippen LogP contribution in [0.5, 0.6) is 0 Å². The van der Waals surface area contributed by atoms with Gasteiger partial charge in [0.05, 0.1) is 6.26 Å². The summed E-state index contributed by atoms with van der Waals surface area (Å²) < 4.78 is 24.7. The number of sulfonamides is 1. The lowest BCUT2D eigenvalue weighted by atomic mass is 9.98. The molecule has 0 saturated heterocycles. The van der Waals surface area contributed by atoms with Gasteiger partial charge in [-0.25, -0.2) is 13.1 Å². The quantitative estimate of drug-likeness (QED) is 0.911. The monoisotopic (exact) mass is 275 g/mol. The molecular formula is C15H17NO2S. The Kier molecular flexibility index (Phi) is 4.35. The summed E-state index contributed by atoms with van der Waals surface area (Å²) in [6, 6.07) is 18.2. The molecule has 0 aliphatic rings. The number of hydrogen-bond acceptors (Lipinski definition) is 2. The summed E-state index contributed by atoms with van der Waals surface area (Å²) >= 11 is 0. The van der Waals surface area contributed by atoms with Crippen molar-refractivity contribution in [2.24, 2.45) is 0 Å². The lowest BCUT2D eigenvalue weighted by molar-refractivity contribution is 0.588. The summed E-state index contributed by atoms with van der Waals surface area (Å²) in [5, 5.41) is 0. The summed E-state index contributed by atoms with van der Waals surface area (Å²) in [6.45, 7) is 0.419. The SMILES string of the molecule is CS(=O)(=O)NCCc1ccccc1-c1ccccc1. The van der Waals surface area contributed by atoms with Gasteiger partial charge < -0.3 is 0 Å². The molecule has 2 aromatic rings. The first kappa shape index (κ1) is 13.8. The van der Waals surface area contributed by atoms with Crippen molar-refractivity contribution in [2.75, 3.05) is 12.8 Å². The Hall–Kier alpha value is -1.65. The summed E-state index contributed by atoms with van der Waals surface area (Å²) in [4.78, 5) is 0. The highest BCUT2D eigenvalue weighted by molar-refractivity contribution is 7.88. The Balaban J connectivity index is 2.18. The zero-order valence-electron chi connectivity index (χ0n) is 10.8. The molecule has 0 spiro atoms. The molecule has 0 aliphatic carbocycles. The average molecular weight is 275 g/mol. The third kappa shape index (κ3) is 4.19. The van der Waals surface area contributed by atoms with Crippen LogP contribution in [0.15, 0.2) is 54.6 Å². The summed E-state index contributed by atoms with van der Waals surface area (Å²) in [7, 11) is -3.12. The second kappa shape index (κ2) is 5.99. The minimum absolute atomic E-state index is 0.419. The van der Waals surface area contributed by atoms with Gasteiger partial charge in [-0.2, -0.15) is 0 Å². The predicted molar refractivity (Wildman–Crippen MR) is 78.4 cm³/mol. The van der Waals surface area contributed by atoms with Gasteiger partial charge in [-0.1, -0.05) is 54.6 Å². The molecule has 0 atom stereocenters. The molecule has 0 heterocycles. The van der Waals surface area contributed by atoms with E-state index in [4.69, 9.17) is 0 Å². The molecule has 0 bridgehead atoms. The van der Waals surface area contributed by atoms with E-state index >= 15 is 0 Å². The van der Waals surface area contributed by atoms with Gasteiger partial charge in [0.25, 0.3) is 0 Å². The van der Waals surface area contributed by atoms with Crippen LogP contribution in [0.3, 0.4) is 0 Å². The first-order valence-corrected chi connectivity index (χ1v) is 8.03. The van der Waals surface area contributed by atoms with Crippen molar-refractivity contribution in [1.82, 2.24) is 4.72 Å². The van der Waals surface area contributed by atoms with Crippen LogP contribution < -0.4 is 4.72 Å². The third-order valence-corrected chi connectivity index (χ3v) is 3.59. The van der Waals surface area contributed by atoms with E-state index in [-0.39, 0.29) is 0 Å². The molecule has 2 aromatic carbocycles. The van der Waals surface area contributed by atoms with Gasteiger partial charge in [-0.05, 0) is 23.1 Å². The van der Waals surface area contributed by atoms with Gasteiger partial charge in [0, 0.05) is 6.54 Å². The second-order valence-corrected chi connectivity index (χ2v) is 6.27. The molecule has 4 heteroatoms. The Morgan fingerprint density at radius 2 is 1.58 bits per heavy atom. The van der Waals surface area contributed by atoms with Gasteiger partial charge >= 0.3 is 0 Å². The predicted octanol–water partition coefficient (Wildman–Crippen LogP) is 2.45. The van der Waals surface area contributed by atoms with E-state index in [1.807, 2.05) is 36.4 Å². The zero-order chi connectivity index (χ0) is 13.7. The Labute approximate surface area is 114 Å². The molecule has 0 fully saturated rings. The Morgan fingerprint density at radius 1 is 0.947 bits per heavy atom. The topological polar surface area (TPSA) is 46.2 Å². The maximum Gasteiger partial charge on any atom is 0.208 e. The van der Waals surface area contributed by atoms with Crippen LogP contribution in [0.1, 0.15) is 5.56 Å². The average Bonchev–Trinajstić information content (AvgIpc) is 2.39. The van der Waals surface area contributed by atoms with Crippen LogP contribution >= 0.6 is 0 Å². The van der Waals surface area contributed by atoms with Gasteiger partial charge in [-0.15, -0.1) is 0 Å². The normalized spacial score (nSPS) is 11.4. The molecule has 19 heavy (non-hydrogen) atoms. The molecule has 100 valence electrons. The zero-order valence-corrected chi connectivity index (χ0v) is 11.7. The van der Waals surface area contributed by atoms with Gasteiger partial charge in [-0.3, -0.25) is 0 Å². The van der Waals surface area contributed by atoms with Crippen molar-refractivity contribution in [3.8, 4) is 11.1 Å². The van der Waals surface area contributed by atoms with Gasteiger partial charge in [0.1, 0.15) is 0 Å². The molecule has 0 aliphatic heterocycles. The number of rotatable bonds is 5. The highest BCUT2D eigenvalue weighted by Crippen LogP contribution is 2.23. The van der Waals surface area contributed by atoms with Gasteiger partial charge in [0.2, 0.25) is 10.0 Å². The maximum atomic E-state index is 11.1. The number of hydrogen-bond donors (Lipinski definition) is 1. The van der Waals surface area contributed by atoms with E-state index in [1.165, 1.54) is 6.26 Å². The summed E-state index contributed by atoms with van der Waals surface area (Å²) in [5.74, 6) is 0. The highest BCUT2D eigenvalue weighted by atomic mass is 32.2. The molecular weight excluding hydrogens is 258 g/mol. The fourth-order valence-corrected chi connectivity index (χ4v) is 2.48. The first-order chi connectivity index (χ1) is 9.06. The van der Waals surface area contributed by atoms with Gasteiger partial charge in [0.15, 0.2) is 0 Å². The molecule has 0 saturated carbocycles. The molecule has 1 N–H and O–H groups in total. The minimum atomic E-state index is -3.12. The molecule has 3 nitrogen and oxygen atoms in total. The van der Waals surface area contributed by atoms with Crippen molar-refractivity contribution < 1.29 is 8.42 Å². The Bertz CT molecular complexity index is 636. The van der Waals surface area contributed by atoms with Crippen molar-refractivity contribution in [3.05, 3.63) is 60.2 Å². The van der Waals surface area contributed by atoms with Crippen LogP contribution in [0.25, 0.3) is 11.1 Å². The molecule has 2 rings (SSSR count). The lowest BCUT2D eigenvalue weighted by Gasteiger charge is -2.09. The highest BCUT2D eigenvalue weighted by Gasteiger charge is 2.05.